The lowest BCUT2D eigenvalue weighted by molar-refractivity contribution is -0.140. The first-order valence-electron chi connectivity index (χ1n) is 15.0. The maximum absolute atomic E-state index is 15.0. The van der Waals surface area contributed by atoms with E-state index in [1.165, 1.54) is 23.1 Å². The van der Waals surface area contributed by atoms with E-state index in [0.29, 0.717) is 12.2 Å². The fourth-order valence-corrected chi connectivity index (χ4v) is 6.55. The van der Waals surface area contributed by atoms with Gasteiger partial charge in [0, 0.05) is 25.1 Å². The third kappa shape index (κ3) is 8.79. The molecule has 0 aliphatic rings. The molecule has 7 nitrogen and oxygen atoms in total. The molecule has 0 aliphatic carbocycles. The number of anilines is 1. The molecule has 0 radical (unpaired) electrons. The van der Waals surface area contributed by atoms with Crippen LogP contribution in [-0.4, -0.2) is 44.3 Å². The number of aryl methyl sites for hydroxylation is 2. The second-order valence-corrected chi connectivity index (χ2v) is 13.5. The Morgan fingerprint density at radius 2 is 1.40 bits per heavy atom. The summed E-state index contributed by atoms with van der Waals surface area (Å²) in [6, 6.07) is 27.5. The van der Waals surface area contributed by atoms with Gasteiger partial charge in [0.15, 0.2) is 0 Å². The first-order chi connectivity index (χ1) is 21.5. The molecule has 0 heterocycles. The van der Waals surface area contributed by atoms with Crippen LogP contribution in [0.15, 0.2) is 108 Å². The van der Waals surface area contributed by atoms with E-state index >= 15 is 4.39 Å². The molecule has 236 valence electrons. The molecule has 45 heavy (non-hydrogen) atoms. The van der Waals surface area contributed by atoms with Gasteiger partial charge in [-0.05, 0) is 66.8 Å². The highest BCUT2D eigenvalue weighted by molar-refractivity contribution is 7.92. The van der Waals surface area contributed by atoms with Gasteiger partial charge in [0.05, 0.1) is 10.6 Å². The average Bonchev–Trinajstić information content (AvgIpc) is 3.01. The van der Waals surface area contributed by atoms with Crippen LogP contribution in [0.4, 0.5) is 10.1 Å². The monoisotopic (exact) mass is 629 g/mol. The molecule has 1 N–H and O–H groups in total. The van der Waals surface area contributed by atoms with E-state index < -0.39 is 40.2 Å². The number of carbonyl (C=O) groups is 2. The van der Waals surface area contributed by atoms with Crippen LogP contribution in [0.5, 0.6) is 0 Å². The zero-order chi connectivity index (χ0) is 32.6. The van der Waals surface area contributed by atoms with Crippen molar-refractivity contribution in [3.63, 3.8) is 0 Å². The molecular formula is C36H40FN3O4S. The predicted octanol–water partition coefficient (Wildman–Crippen LogP) is 6.05. The fourth-order valence-electron chi connectivity index (χ4n) is 5.13. The Hall–Kier alpha value is -4.50. The minimum absolute atomic E-state index is 0.0214. The van der Waals surface area contributed by atoms with Crippen LogP contribution in [0, 0.1) is 25.6 Å². The Bertz CT molecular complexity index is 1690. The van der Waals surface area contributed by atoms with E-state index in [4.69, 9.17) is 0 Å². The summed E-state index contributed by atoms with van der Waals surface area (Å²) in [6.45, 7) is 7.18. The van der Waals surface area contributed by atoms with Crippen molar-refractivity contribution in [3.8, 4) is 0 Å². The molecule has 4 rings (SSSR count). The molecule has 0 aliphatic heterocycles. The smallest absolute Gasteiger partial charge is 0.264 e. The van der Waals surface area contributed by atoms with Crippen molar-refractivity contribution in [2.45, 2.75) is 51.6 Å². The normalized spacial score (nSPS) is 12.0. The highest BCUT2D eigenvalue weighted by atomic mass is 32.2. The van der Waals surface area contributed by atoms with E-state index in [9.17, 15) is 18.0 Å². The zero-order valence-electron chi connectivity index (χ0n) is 26.1. The van der Waals surface area contributed by atoms with Crippen molar-refractivity contribution in [2.75, 3.05) is 17.4 Å². The van der Waals surface area contributed by atoms with Crippen LogP contribution in [0.3, 0.4) is 0 Å². The lowest BCUT2D eigenvalue weighted by Gasteiger charge is -2.34. The summed E-state index contributed by atoms with van der Waals surface area (Å²) in [5.74, 6) is -1.42. The molecular weight excluding hydrogens is 589 g/mol. The van der Waals surface area contributed by atoms with Gasteiger partial charge in [0.1, 0.15) is 18.4 Å². The number of benzene rings is 4. The van der Waals surface area contributed by atoms with E-state index in [2.05, 4.69) is 5.32 Å². The Morgan fingerprint density at radius 1 is 0.822 bits per heavy atom. The van der Waals surface area contributed by atoms with Gasteiger partial charge < -0.3 is 10.2 Å². The lowest BCUT2D eigenvalue weighted by Crippen LogP contribution is -2.53. The van der Waals surface area contributed by atoms with E-state index in [1.54, 1.807) is 48.5 Å². The molecule has 0 saturated carbocycles. The summed E-state index contributed by atoms with van der Waals surface area (Å²) >= 11 is 0. The van der Waals surface area contributed by atoms with Gasteiger partial charge >= 0.3 is 0 Å². The predicted molar refractivity (Wildman–Crippen MR) is 176 cm³/mol. The van der Waals surface area contributed by atoms with Crippen molar-refractivity contribution < 1.29 is 22.4 Å². The zero-order valence-corrected chi connectivity index (χ0v) is 26.9. The summed E-state index contributed by atoms with van der Waals surface area (Å²) in [6.07, 6.45) is 0.153. The van der Waals surface area contributed by atoms with Crippen molar-refractivity contribution in [1.82, 2.24) is 10.2 Å². The molecule has 0 saturated heterocycles. The van der Waals surface area contributed by atoms with Crippen LogP contribution in [0.1, 0.15) is 36.1 Å². The Labute approximate surface area is 265 Å². The van der Waals surface area contributed by atoms with Crippen molar-refractivity contribution >= 4 is 27.5 Å². The maximum atomic E-state index is 15.0. The number of hydrogen-bond donors (Lipinski definition) is 1. The summed E-state index contributed by atoms with van der Waals surface area (Å²) in [5.41, 5.74) is 2.98. The summed E-state index contributed by atoms with van der Waals surface area (Å²) in [5, 5.41) is 2.94. The molecule has 4 aromatic rings. The Kier molecular flexibility index (Phi) is 11.1. The van der Waals surface area contributed by atoms with Crippen molar-refractivity contribution in [1.29, 1.82) is 0 Å². The summed E-state index contributed by atoms with van der Waals surface area (Å²) < 4.78 is 44.3. The van der Waals surface area contributed by atoms with Crippen LogP contribution in [0.25, 0.3) is 0 Å². The third-order valence-corrected chi connectivity index (χ3v) is 9.15. The molecule has 0 aromatic heterocycles. The number of halogens is 1. The molecule has 0 spiro atoms. The number of nitrogens with one attached hydrogen (secondary N) is 1. The average molecular weight is 630 g/mol. The van der Waals surface area contributed by atoms with Gasteiger partial charge in [0.25, 0.3) is 10.0 Å². The molecule has 2 amide bonds. The quantitative estimate of drug-likeness (QED) is 0.195. The number of carbonyl (C=O) groups excluding carboxylic acids is 2. The minimum atomic E-state index is -4.21. The Balaban J connectivity index is 1.82. The number of nitrogens with zero attached hydrogens (tertiary/aromatic N) is 2. The summed E-state index contributed by atoms with van der Waals surface area (Å²) in [7, 11) is -4.21. The number of amides is 2. The largest absolute Gasteiger partial charge is 0.354 e. The van der Waals surface area contributed by atoms with Crippen molar-refractivity contribution in [3.05, 3.63) is 131 Å². The van der Waals surface area contributed by atoms with Crippen LogP contribution >= 0.6 is 0 Å². The van der Waals surface area contributed by atoms with Gasteiger partial charge in [-0.15, -0.1) is 0 Å². The number of sulfonamides is 1. The second-order valence-electron chi connectivity index (χ2n) is 11.6. The van der Waals surface area contributed by atoms with Crippen LogP contribution in [0.2, 0.25) is 0 Å². The van der Waals surface area contributed by atoms with Gasteiger partial charge in [-0.2, -0.15) is 0 Å². The van der Waals surface area contributed by atoms with Crippen molar-refractivity contribution in [2.24, 2.45) is 5.92 Å². The molecule has 1 atom stereocenters. The van der Waals surface area contributed by atoms with E-state index in [1.807, 2.05) is 64.1 Å². The Morgan fingerprint density at radius 3 is 2.00 bits per heavy atom. The standard InChI is InChI=1S/C36H40FN3O4S/c1-26(2)23-38-36(42)34(22-29-13-7-5-8-14-29)39(24-30-15-11-12-18-33(30)37)35(41)25-40(31-20-27(3)19-28(4)21-31)45(43,44)32-16-9-6-10-17-32/h5-21,26,34H,22-25H2,1-4H3,(H,38,42)/t34-/m1/s1. The van der Waals surface area contributed by atoms with Gasteiger partial charge in [-0.1, -0.05) is 86.6 Å². The second kappa shape index (κ2) is 15.0. The van der Waals surface area contributed by atoms with E-state index in [-0.39, 0.29) is 29.3 Å². The van der Waals surface area contributed by atoms with Gasteiger partial charge in [-0.3, -0.25) is 13.9 Å². The van der Waals surface area contributed by atoms with Gasteiger partial charge in [0.2, 0.25) is 11.8 Å². The van der Waals surface area contributed by atoms with Gasteiger partial charge in [-0.25, -0.2) is 12.8 Å². The molecule has 0 bridgehead atoms. The topological polar surface area (TPSA) is 86.8 Å². The van der Waals surface area contributed by atoms with Crippen LogP contribution < -0.4 is 9.62 Å². The molecule has 9 heteroatoms. The first kappa shape index (κ1) is 33.4. The van der Waals surface area contributed by atoms with Crippen LogP contribution in [-0.2, 0) is 32.6 Å². The van der Waals surface area contributed by atoms with E-state index in [0.717, 1.165) is 21.0 Å². The third-order valence-electron chi connectivity index (χ3n) is 7.36. The highest BCUT2D eigenvalue weighted by Gasteiger charge is 2.35. The summed E-state index contributed by atoms with van der Waals surface area (Å²) in [4.78, 5) is 29.6. The molecule has 0 fully saturated rings. The number of rotatable bonds is 13. The maximum Gasteiger partial charge on any atom is 0.264 e. The molecule has 0 unspecified atom stereocenters. The highest BCUT2D eigenvalue weighted by Crippen LogP contribution is 2.27. The molecule has 4 aromatic carbocycles. The number of hydrogen-bond acceptors (Lipinski definition) is 4. The first-order valence-corrected chi connectivity index (χ1v) is 16.4. The lowest BCUT2D eigenvalue weighted by atomic mass is 10.0. The minimum Gasteiger partial charge on any atom is -0.354 e. The fraction of sp³-hybridized carbons (Fsp3) is 0.278. The SMILES string of the molecule is Cc1cc(C)cc(N(CC(=O)N(Cc2ccccc2F)[C@H](Cc2ccccc2)C(=O)NCC(C)C)S(=O)(=O)c2ccccc2)c1.